The van der Waals surface area contributed by atoms with Gasteiger partial charge in [0.25, 0.3) is 0 Å². The Morgan fingerprint density at radius 1 is 1.28 bits per heavy atom. The summed E-state index contributed by atoms with van der Waals surface area (Å²) in [5, 5.41) is 13.3. The summed E-state index contributed by atoms with van der Waals surface area (Å²) in [6, 6.07) is 7.54. The van der Waals surface area contributed by atoms with Crippen LogP contribution in [0, 0.1) is 6.92 Å². The van der Waals surface area contributed by atoms with Crippen molar-refractivity contribution in [3.05, 3.63) is 47.2 Å². The molecule has 0 aliphatic heterocycles. The molecule has 3 aromatic heterocycles. The maximum absolute atomic E-state index is 5.93. The molecule has 0 spiro atoms. The van der Waals surface area contributed by atoms with Gasteiger partial charge in [-0.25, -0.2) is 9.50 Å². The van der Waals surface area contributed by atoms with Crippen LogP contribution in [-0.4, -0.2) is 24.7 Å². The fourth-order valence-corrected chi connectivity index (χ4v) is 3.43. The quantitative estimate of drug-likeness (QED) is 0.558. The highest BCUT2D eigenvalue weighted by Gasteiger charge is 2.18. The van der Waals surface area contributed by atoms with Gasteiger partial charge in [0, 0.05) is 17.5 Å². The van der Waals surface area contributed by atoms with Crippen LogP contribution in [0.4, 0.5) is 5.13 Å². The molecule has 0 aliphatic rings. The molecule has 3 heterocycles. The van der Waals surface area contributed by atoms with E-state index in [1.165, 1.54) is 11.3 Å². The number of aryl methyl sites for hydroxylation is 1. The second-order valence-electron chi connectivity index (χ2n) is 5.54. The van der Waals surface area contributed by atoms with Gasteiger partial charge < -0.3 is 9.84 Å². The topological polar surface area (TPSA) is 81.1 Å². The first-order valence-electron chi connectivity index (χ1n) is 7.81. The molecule has 128 valence electrons. The van der Waals surface area contributed by atoms with Crippen molar-refractivity contribution in [2.45, 2.75) is 26.3 Å². The summed E-state index contributed by atoms with van der Waals surface area (Å²) < 4.78 is 6.83. The fraction of sp³-hybridized carbons (Fsp3) is 0.250. The van der Waals surface area contributed by atoms with E-state index in [2.05, 4.69) is 32.5 Å². The second-order valence-corrected chi connectivity index (χ2v) is 6.94. The number of benzene rings is 1. The van der Waals surface area contributed by atoms with Crippen LogP contribution in [0.25, 0.3) is 16.2 Å². The highest BCUT2D eigenvalue weighted by atomic mass is 35.5. The highest BCUT2D eigenvalue weighted by Crippen LogP contribution is 2.28. The number of hydrogen-bond donors (Lipinski definition) is 1. The van der Waals surface area contributed by atoms with Crippen molar-refractivity contribution < 1.29 is 4.52 Å². The molecule has 4 rings (SSSR count). The minimum Gasteiger partial charge on any atom is -0.350 e. The third-order valence-electron chi connectivity index (χ3n) is 3.74. The number of nitrogens with zero attached hydrogens (tertiary/aromatic N) is 5. The molecule has 1 aromatic carbocycles. The van der Waals surface area contributed by atoms with Gasteiger partial charge in [-0.1, -0.05) is 47.2 Å². The number of rotatable bonds is 5. The minimum atomic E-state index is -0.0518. The van der Waals surface area contributed by atoms with Crippen LogP contribution >= 0.6 is 22.9 Å². The fourth-order valence-electron chi connectivity index (χ4n) is 2.47. The molecule has 1 N–H and O–H groups in total. The average Bonchev–Trinajstić information content (AvgIpc) is 3.28. The van der Waals surface area contributed by atoms with Crippen molar-refractivity contribution in [2.24, 2.45) is 0 Å². The molecule has 0 bridgehead atoms. The molecule has 0 fully saturated rings. The van der Waals surface area contributed by atoms with Crippen molar-refractivity contribution >= 4 is 33.0 Å². The summed E-state index contributed by atoms with van der Waals surface area (Å²) in [4.78, 5) is 9.72. The van der Waals surface area contributed by atoms with Crippen LogP contribution in [0.15, 0.2) is 35.0 Å². The average molecular weight is 375 g/mol. The summed E-state index contributed by atoms with van der Waals surface area (Å²) in [6.07, 6.45) is 2.72. The number of aromatic nitrogens is 5. The van der Waals surface area contributed by atoms with E-state index in [4.69, 9.17) is 16.1 Å². The standard InChI is InChI=1S/C16H15ClN6OS/c1-3-12(14-18-9(2)24-22-14)19-15-21-23-8-13(20-16(23)25-15)10-4-6-11(17)7-5-10/h4-8,12H,3H2,1-2H3,(H,19,21). The van der Waals surface area contributed by atoms with Gasteiger partial charge in [0.05, 0.1) is 17.9 Å². The molecule has 0 radical (unpaired) electrons. The van der Waals surface area contributed by atoms with E-state index in [9.17, 15) is 0 Å². The lowest BCUT2D eigenvalue weighted by Gasteiger charge is -2.10. The lowest BCUT2D eigenvalue weighted by atomic mass is 10.2. The summed E-state index contributed by atoms with van der Waals surface area (Å²) in [6.45, 7) is 3.83. The van der Waals surface area contributed by atoms with Gasteiger partial charge >= 0.3 is 0 Å². The van der Waals surface area contributed by atoms with Crippen LogP contribution in [0.2, 0.25) is 5.02 Å². The van der Waals surface area contributed by atoms with Gasteiger partial charge in [0.1, 0.15) is 0 Å². The molecule has 0 aliphatic carbocycles. The van der Waals surface area contributed by atoms with Gasteiger partial charge in [0.2, 0.25) is 16.0 Å². The van der Waals surface area contributed by atoms with Crippen LogP contribution in [0.5, 0.6) is 0 Å². The smallest absolute Gasteiger partial charge is 0.223 e. The predicted molar refractivity (Wildman–Crippen MR) is 97.0 cm³/mol. The lowest BCUT2D eigenvalue weighted by Crippen LogP contribution is -2.11. The van der Waals surface area contributed by atoms with Crippen molar-refractivity contribution in [3.63, 3.8) is 0 Å². The summed E-state index contributed by atoms with van der Waals surface area (Å²) in [5.41, 5.74) is 1.87. The van der Waals surface area contributed by atoms with Gasteiger partial charge in [-0.2, -0.15) is 4.98 Å². The van der Waals surface area contributed by atoms with Crippen molar-refractivity contribution in [2.75, 3.05) is 5.32 Å². The Bertz CT molecular complexity index is 974. The third kappa shape index (κ3) is 3.22. The lowest BCUT2D eigenvalue weighted by molar-refractivity contribution is 0.384. The van der Waals surface area contributed by atoms with Crippen LogP contribution in [0.1, 0.15) is 31.1 Å². The van der Waals surface area contributed by atoms with Gasteiger partial charge in [-0.15, -0.1) is 5.10 Å². The number of halogens is 1. The molecule has 4 aromatic rings. The largest absolute Gasteiger partial charge is 0.350 e. The van der Waals surface area contributed by atoms with Crippen molar-refractivity contribution in [1.29, 1.82) is 0 Å². The molecule has 7 nitrogen and oxygen atoms in total. The first-order valence-corrected chi connectivity index (χ1v) is 9.00. The number of hydrogen-bond acceptors (Lipinski definition) is 7. The Hall–Kier alpha value is -2.45. The van der Waals surface area contributed by atoms with E-state index in [0.29, 0.717) is 16.7 Å². The molecule has 9 heteroatoms. The van der Waals surface area contributed by atoms with E-state index in [1.807, 2.05) is 30.5 Å². The molecule has 0 saturated heterocycles. The Labute approximate surface area is 152 Å². The molecular formula is C16H15ClN6OS. The Kier molecular flexibility index (Phi) is 4.14. The van der Waals surface area contributed by atoms with Crippen molar-refractivity contribution in [1.82, 2.24) is 24.7 Å². The van der Waals surface area contributed by atoms with E-state index in [1.54, 1.807) is 11.4 Å². The zero-order valence-electron chi connectivity index (χ0n) is 13.6. The Balaban J connectivity index is 1.57. The van der Waals surface area contributed by atoms with Gasteiger partial charge in [0.15, 0.2) is 5.82 Å². The molecule has 1 atom stereocenters. The first kappa shape index (κ1) is 16.0. The second kappa shape index (κ2) is 6.45. The molecule has 1 unspecified atom stereocenters. The number of anilines is 1. The summed E-state index contributed by atoms with van der Waals surface area (Å²) >= 11 is 7.41. The van der Waals surface area contributed by atoms with E-state index >= 15 is 0 Å². The summed E-state index contributed by atoms with van der Waals surface area (Å²) in [7, 11) is 0. The highest BCUT2D eigenvalue weighted by molar-refractivity contribution is 7.20. The van der Waals surface area contributed by atoms with Gasteiger partial charge in [-0.3, -0.25) is 0 Å². The minimum absolute atomic E-state index is 0.0518. The third-order valence-corrected chi connectivity index (χ3v) is 4.85. The SMILES string of the molecule is CCC(Nc1nn2cc(-c3ccc(Cl)cc3)nc2s1)c1noc(C)n1. The number of imidazole rings is 1. The van der Waals surface area contributed by atoms with Crippen LogP contribution < -0.4 is 5.32 Å². The van der Waals surface area contributed by atoms with Crippen LogP contribution in [-0.2, 0) is 0 Å². The van der Waals surface area contributed by atoms with Crippen LogP contribution in [0.3, 0.4) is 0 Å². The van der Waals surface area contributed by atoms with E-state index < -0.39 is 0 Å². The molecule has 25 heavy (non-hydrogen) atoms. The number of nitrogens with one attached hydrogen (secondary N) is 1. The first-order chi connectivity index (χ1) is 12.1. The molecular weight excluding hydrogens is 360 g/mol. The Morgan fingerprint density at radius 3 is 2.72 bits per heavy atom. The summed E-state index contributed by atoms with van der Waals surface area (Å²) in [5.74, 6) is 1.19. The van der Waals surface area contributed by atoms with Gasteiger partial charge in [-0.05, 0) is 18.6 Å². The normalized spacial score (nSPS) is 12.6. The molecule has 0 amide bonds. The maximum Gasteiger partial charge on any atom is 0.223 e. The van der Waals surface area contributed by atoms with Crippen molar-refractivity contribution in [3.8, 4) is 11.3 Å². The zero-order chi connectivity index (χ0) is 17.4. The monoisotopic (exact) mass is 374 g/mol. The zero-order valence-corrected chi connectivity index (χ0v) is 15.2. The number of fused-ring (bicyclic) bond motifs is 1. The van der Waals surface area contributed by atoms with E-state index in [-0.39, 0.29) is 6.04 Å². The van der Waals surface area contributed by atoms with E-state index in [0.717, 1.165) is 27.8 Å². The predicted octanol–water partition coefficient (Wildman–Crippen LogP) is 4.37. The molecule has 0 saturated carbocycles. The Morgan fingerprint density at radius 2 is 2.08 bits per heavy atom. The maximum atomic E-state index is 5.93.